The number of rotatable bonds is 4. The van der Waals surface area contributed by atoms with E-state index >= 15 is 0 Å². The van der Waals surface area contributed by atoms with E-state index in [4.69, 9.17) is 5.73 Å². The lowest BCUT2D eigenvalue weighted by Gasteiger charge is -2.57. The molecule has 0 radical (unpaired) electrons. The van der Waals surface area contributed by atoms with Gasteiger partial charge in [-0.2, -0.15) is 0 Å². The SMILES string of the molecule is NC(CC1CCC1)CC12CC3CC(CC(C3)C1)C2. The Kier molecular flexibility index (Phi) is 2.76. The zero-order chi connectivity index (χ0) is 12.2. The van der Waals surface area contributed by atoms with E-state index in [0.717, 1.165) is 23.7 Å². The summed E-state index contributed by atoms with van der Waals surface area (Å²) in [6, 6.07) is 0.520. The third kappa shape index (κ3) is 2.03. The molecule has 1 unspecified atom stereocenters. The number of hydrogen-bond donors (Lipinski definition) is 1. The molecular weight excluding hydrogens is 218 g/mol. The Morgan fingerprint density at radius 3 is 1.94 bits per heavy atom. The van der Waals surface area contributed by atoms with Crippen LogP contribution in [0.4, 0.5) is 0 Å². The van der Waals surface area contributed by atoms with Crippen LogP contribution in [0.5, 0.6) is 0 Å². The maximum absolute atomic E-state index is 6.51. The van der Waals surface area contributed by atoms with E-state index < -0.39 is 0 Å². The predicted molar refractivity (Wildman–Crippen MR) is 75.2 cm³/mol. The molecule has 0 saturated heterocycles. The summed E-state index contributed by atoms with van der Waals surface area (Å²) in [5, 5.41) is 0. The van der Waals surface area contributed by atoms with Crippen molar-refractivity contribution in [2.75, 3.05) is 0 Å². The maximum atomic E-state index is 6.51. The second-order valence-corrected chi connectivity index (χ2v) is 8.41. The van der Waals surface area contributed by atoms with Gasteiger partial charge in [-0.3, -0.25) is 0 Å². The Bertz CT molecular complexity index is 282. The highest BCUT2D eigenvalue weighted by Gasteiger charge is 2.51. The van der Waals surface area contributed by atoms with Crippen LogP contribution in [0.15, 0.2) is 0 Å². The number of hydrogen-bond acceptors (Lipinski definition) is 1. The van der Waals surface area contributed by atoms with Gasteiger partial charge in [0.2, 0.25) is 0 Å². The van der Waals surface area contributed by atoms with Crippen LogP contribution in [-0.2, 0) is 0 Å². The molecule has 5 rings (SSSR count). The highest BCUT2D eigenvalue weighted by atomic mass is 14.7. The fourth-order valence-electron chi connectivity index (χ4n) is 6.34. The van der Waals surface area contributed by atoms with Crippen LogP contribution in [0.25, 0.3) is 0 Å². The largest absolute Gasteiger partial charge is 0.328 e. The summed E-state index contributed by atoms with van der Waals surface area (Å²) in [7, 11) is 0. The topological polar surface area (TPSA) is 26.0 Å². The molecule has 0 amide bonds. The van der Waals surface area contributed by atoms with E-state index in [0.29, 0.717) is 11.5 Å². The first kappa shape index (κ1) is 11.8. The van der Waals surface area contributed by atoms with Crippen molar-refractivity contribution in [3.63, 3.8) is 0 Å². The fourth-order valence-corrected chi connectivity index (χ4v) is 6.34. The third-order valence-electron chi connectivity index (χ3n) is 6.72. The molecule has 0 heterocycles. The van der Waals surface area contributed by atoms with Gasteiger partial charge in [-0.1, -0.05) is 19.3 Å². The van der Waals surface area contributed by atoms with E-state index in [1.807, 2.05) is 0 Å². The molecule has 0 aromatic rings. The second-order valence-electron chi connectivity index (χ2n) is 8.41. The minimum Gasteiger partial charge on any atom is -0.328 e. The molecule has 0 aromatic carbocycles. The molecule has 4 bridgehead atoms. The Hall–Kier alpha value is -0.0400. The van der Waals surface area contributed by atoms with Gasteiger partial charge in [-0.15, -0.1) is 0 Å². The molecule has 0 spiro atoms. The molecule has 1 nitrogen and oxygen atoms in total. The van der Waals surface area contributed by atoms with Gasteiger partial charge < -0.3 is 5.73 Å². The Labute approximate surface area is 112 Å². The van der Waals surface area contributed by atoms with E-state index in [1.54, 1.807) is 38.5 Å². The Morgan fingerprint density at radius 2 is 1.50 bits per heavy atom. The first-order valence-corrected chi connectivity index (χ1v) is 8.46. The molecule has 5 aliphatic rings. The summed E-state index contributed by atoms with van der Waals surface area (Å²) in [5.41, 5.74) is 7.21. The molecule has 5 saturated carbocycles. The van der Waals surface area contributed by atoms with Crippen molar-refractivity contribution in [3.8, 4) is 0 Å². The number of nitrogens with two attached hydrogens (primary N) is 1. The van der Waals surface area contributed by atoms with Gasteiger partial charge in [0.05, 0.1) is 0 Å². The second kappa shape index (κ2) is 4.23. The average Bonchev–Trinajstić information content (AvgIpc) is 2.20. The zero-order valence-electron chi connectivity index (χ0n) is 11.7. The zero-order valence-corrected chi connectivity index (χ0v) is 11.7. The van der Waals surface area contributed by atoms with E-state index in [-0.39, 0.29) is 0 Å². The minimum atomic E-state index is 0.520. The Morgan fingerprint density at radius 1 is 0.944 bits per heavy atom. The fraction of sp³-hybridized carbons (Fsp3) is 1.00. The summed E-state index contributed by atoms with van der Waals surface area (Å²) in [5.74, 6) is 4.26. The van der Waals surface area contributed by atoms with Crippen molar-refractivity contribution in [2.24, 2.45) is 34.8 Å². The minimum absolute atomic E-state index is 0.520. The maximum Gasteiger partial charge on any atom is 0.00467 e. The first-order valence-electron chi connectivity index (χ1n) is 8.46. The lowest BCUT2D eigenvalue weighted by Crippen LogP contribution is -2.48. The highest BCUT2D eigenvalue weighted by molar-refractivity contribution is 5.02. The van der Waals surface area contributed by atoms with Gasteiger partial charge in [0.25, 0.3) is 0 Å². The Balaban J connectivity index is 1.40. The summed E-state index contributed by atoms with van der Waals surface area (Å²) in [6.45, 7) is 0. The monoisotopic (exact) mass is 247 g/mol. The first-order chi connectivity index (χ1) is 8.71. The normalized spacial score (nSPS) is 48.2. The van der Waals surface area contributed by atoms with Crippen molar-refractivity contribution in [3.05, 3.63) is 0 Å². The quantitative estimate of drug-likeness (QED) is 0.795. The summed E-state index contributed by atoms with van der Waals surface area (Å²) < 4.78 is 0. The van der Waals surface area contributed by atoms with Gasteiger partial charge in [0.15, 0.2) is 0 Å². The van der Waals surface area contributed by atoms with Crippen LogP contribution >= 0.6 is 0 Å². The van der Waals surface area contributed by atoms with Crippen molar-refractivity contribution in [1.29, 1.82) is 0 Å². The summed E-state index contributed by atoms with van der Waals surface area (Å²) in [6.07, 6.45) is 16.4. The smallest absolute Gasteiger partial charge is 0.00467 e. The van der Waals surface area contributed by atoms with Crippen LogP contribution in [0.1, 0.15) is 70.6 Å². The van der Waals surface area contributed by atoms with Crippen molar-refractivity contribution in [2.45, 2.75) is 76.7 Å². The molecular formula is C17H29N. The van der Waals surface area contributed by atoms with Crippen molar-refractivity contribution >= 4 is 0 Å². The van der Waals surface area contributed by atoms with Crippen LogP contribution in [0.3, 0.4) is 0 Å². The van der Waals surface area contributed by atoms with E-state index in [1.165, 1.54) is 32.1 Å². The lowest BCUT2D eigenvalue weighted by atomic mass is 9.48. The van der Waals surface area contributed by atoms with Gasteiger partial charge >= 0.3 is 0 Å². The average molecular weight is 247 g/mol. The molecule has 18 heavy (non-hydrogen) atoms. The summed E-state index contributed by atoms with van der Waals surface area (Å²) >= 11 is 0. The highest BCUT2D eigenvalue weighted by Crippen LogP contribution is 2.61. The van der Waals surface area contributed by atoms with Crippen LogP contribution in [-0.4, -0.2) is 6.04 Å². The molecule has 2 N–H and O–H groups in total. The van der Waals surface area contributed by atoms with Crippen LogP contribution in [0, 0.1) is 29.1 Å². The van der Waals surface area contributed by atoms with E-state index in [2.05, 4.69) is 0 Å². The standard InChI is InChI=1S/C17H29N/c18-16(7-12-2-1-3-12)11-17-8-13-4-14(9-17)6-15(5-13)10-17/h12-16H,1-11,18H2. The van der Waals surface area contributed by atoms with Gasteiger partial charge in [-0.05, 0) is 80.5 Å². The molecule has 1 heteroatoms. The van der Waals surface area contributed by atoms with E-state index in [9.17, 15) is 0 Å². The lowest BCUT2D eigenvalue weighted by molar-refractivity contribution is -0.0615. The van der Waals surface area contributed by atoms with Gasteiger partial charge in [0, 0.05) is 6.04 Å². The van der Waals surface area contributed by atoms with Crippen molar-refractivity contribution in [1.82, 2.24) is 0 Å². The molecule has 5 aliphatic carbocycles. The third-order valence-corrected chi connectivity index (χ3v) is 6.72. The van der Waals surface area contributed by atoms with Crippen molar-refractivity contribution < 1.29 is 0 Å². The molecule has 102 valence electrons. The van der Waals surface area contributed by atoms with Crippen LogP contribution < -0.4 is 5.73 Å². The molecule has 0 aromatic heterocycles. The molecule has 1 atom stereocenters. The predicted octanol–water partition coefficient (Wildman–Crippen LogP) is 4.11. The van der Waals surface area contributed by atoms with Crippen LogP contribution in [0.2, 0.25) is 0 Å². The molecule has 0 aliphatic heterocycles. The summed E-state index contributed by atoms with van der Waals surface area (Å²) in [4.78, 5) is 0. The van der Waals surface area contributed by atoms with Gasteiger partial charge in [0.1, 0.15) is 0 Å². The van der Waals surface area contributed by atoms with Gasteiger partial charge in [-0.25, -0.2) is 0 Å². The molecule has 5 fully saturated rings.